The van der Waals surface area contributed by atoms with E-state index < -0.39 is 0 Å². The zero-order valence-corrected chi connectivity index (χ0v) is 13.0. The van der Waals surface area contributed by atoms with Crippen molar-refractivity contribution in [2.24, 2.45) is 0 Å². The quantitative estimate of drug-likeness (QED) is 0.844. The van der Waals surface area contributed by atoms with Gasteiger partial charge in [-0.2, -0.15) is 0 Å². The molecule has 0 saturated carbocycles. The van der Waals surface area contributed by atoms with Crippen LogP contribution in [0.15, 0.2) is 58.5 Å². The number of hydrogen-bond donors (Lipinski definition) is 1. The molecule has 22 heavy (non-hydrogen) atoms. The number of benzene rings is 1. The summed E-state index contributed by atoms with van der Waals surface area (Å²) in [5.41, 5.74) is 4.59. The van der Waals surface area contributed by atoms with Crippen molar-refractivity contribution < 1.29 is 4.74 Å². The van der Waals surface area contributed by atoms with E-state index in [1.807, 2.05) is 63.3 Å². The minimum absolute atomic E-state index is 0.109. The third-order valence-electron chi connectivity index (χ3n) is 4.06. The van der Waals surface area contributed by atoms with Crippen LogP contribution in [0.3, 0.4) is 0 Å². The van der Waals surface area contributed by atoms with Gasteiger partial charge in [0, 0.05) is 11.8 Å². The summed E-state index contributed by atoms with van der Waals surface area (Å²) in [6.45, 7) is 6.04. The maximum Gasteiger partial charge on any atom is 0.259 e. The second-order valence-electron chi connectivity index (χ2n) is 5.56. The maximum absolute atomic E-state index is 12.1. The van der Waals surface area contributed by atoms with Gasteiger partial charge in [0.15, 0.2) is 0 Å². The van der Waals surface area contributed by atoms with Gasteiger partial charge in [-0.25, -0.2) is 0 Å². The number of pyridine rings is 1. The molecular formula is C19H19NO2. The van der Waals surface area contributed by atoms with Crippen LogP contribution in [-0.4, -0.2) is 11.1 Å². The molecule has 0 spiro atoms. The SMILES string of the molecule is CC=C(C)C1Oc2c(-c3ccccc3)c[nH]c(=O)c2C=C1C. The van der Waals surface area contributed by atoms with Crippen LogP contribution >= 0.6 is 0 Å². The van der Waals surface area contributed by atoms with E-state index in [1.165, 1.54) is 0 Å². The molecule has 1 aromatic heterocycles. The highest BCUT2D eigenvalue weighted by Gasteiger charge is 2.25. The van der Waals surface area contributed by atoms with Crippen molar-refractivity contribution in [2.45, 2.75) is 26.9 Å². The van der Waals surface area contributed by atoms with Crippen LogP contribution in [0, 0.1) is 0 Å². The predicted molar refractivity (Wildman–Crippen MR) is 90.0 cm³/mol. The minimum Gasteiger partial charge on any atom is -0.480 e. The van der Waals surface area contributed by atoms with Crippen molar-refractivity contribution in [1.82, 2.24) is 4.98 Å². The molecule has 0 aliphatic carbocycles. The normalized spacial score (nSPS) is 17.5. The average molecular weight is 293 g/mol. The average Bonchev–Trinajstić information content (AvgIpc) is 2.55. The number of hydrogen-bond acceptors (Lipinski definition) is 2. The lowest BCUT2D eigenvalue weighted by Gasteiger charge is -2.27. The molecule has 0 saturated heterocycles. The Morgan fingerprint density at radius 1 is 1.27 bits per heavy atom. The van der Waals surface area contributed by atoms with Crippen LogP contribution in [0.4, 0.5) is 0 Å². The molecule has 1 aliphatic heterocycles. The zero-order valence-electron chi connectivity index (χ0n) is 13.0. The van der Waals surface area contributed by atoms with Crippen LogP contribution in [-0.2, 0) is 0 Å². The Morgan fingerprint density at radius 3 is 2.68 bits per heavy atom. The number of aromatic nitrogens is 1. The lowest BCUT2D eigenvalue weighted by molar-refractivity contribution is 0.268. The van der Waals surface area contributed by atoms with E-state index in [2.05, 4.69) is 4.98 Å². The van der Waals surface area contributed by atoms with Gasteiger partial charge in [0.05, 0.1) is 5.56 Å². The van der Waals surface area contributed by atoms with Crippen molar-refractivity contribution in [2.75, 3.05) is 0 Å². The lowest BCUT2D eigenvalue weighted by Crippen LogP contribution is -2.26. The number of rotatable bonds is 2. The van der Waals surface area contributed by atoms with E-state index in [4.69, 9.17) is 4.74 Å². The van der Waals surface area contributed by atoms with Gasteiger partial charge in [0.25, 0.3) is 5.56 Å². The maximum atomic E-state index is 12.1. The van der Waals surface area contributed by atoms with E-state index in [1.54, 1.807) is 6.20 Å². The summed E-state index contributed by atoms with van der Waals surface area (Å²) in [6.07, 6.45) is 5.60. The van der Waals surface area contributed by atoms with Gasteiger partial charge in [0.1, 0.15) is 11.9 Å². The highest BCUT2D eigenvalue weighted by atomic mass is 16.5. The number of nitrogens with one attached hydrogen (secondary N) is 1. The number of H-pyrrole nitrogens is 1. The van der Waals surface area contributed by atoms with E-state index in [-0.39, 0.29) is 11.7 Å². The fourth-order valence-corrected chi connectivity index (χ4v) is 2.74. The second-order valence-corrected chi connectivity index (χ2v) is 5.56. The van der Waals surface area contributed by atoms with Gasteiger partial charge in [-0.3, -0.25) is 4.79 Å². The minimum atomic E-state index is -0.120. The molecule has 2 heterocycles. The molecule has 2 aromatic rings. The standard InChI is InChI=1S/C19H19NO2/c1-4-12(2)17-13(3)10-15-18(22-17)16(11-20-19(15)21)14-8-6-5-7-9-14/h4-11,17H,1-3H3,(H,20,21). The summed E-state index contributed by atoms with van der Waals surface area (Å²) in [5.74, 6) is 0.659. The Kier molecular flexibility index (Phi) is 3.72. The molecule has 1 atom stereocenters. The predicted octanol–water partition coefficient (Wildman–Crippen LogP) is 4.17. The number of allylic oxidation sites excluding steroid dienone is 1. The fourth-order valence-electron chi connectivity index (χ4n) is 2.74. The molecule has 112 valence electrons. The van der Waals surface area contributed by atoms with Gasteiger partial charge >= 0.3 is 0 Å². The molecule has 0 radical (unpaired) electrons. The molecule has 0 fully saturated rings. The van der Waals surface area contributed by atoms with E-state index in [0.29, 0.717) is 11.3 Å². The van der Waals surface area contributed by atoms with E-state index in [0.717, 1.165) is 22.3 Å². The van der Waals surface area contributed by atoms with E-state index in [9.17, 15) is 4.79 Å². The molecule has 0 amide bonds. The summed E-state index contributed by atoms with van der Waals surface area (Å²) in [7, 11) is 0. The number of fused-ring (bicyclic) bond motifs is 1. The van der Waals surface area contributed by atoms with Crippen molar-refractivity contribution in [3.05, 3.63) is 69.7 Å². The molecule has 1 aromatic carbocycles. The fraction of sp³-hybridized carbons (Fsp3) is 0.211. The molecule has 0 bridgehead atoms. The summed E-state index contributed by atoms with van der Waals surface area (Å²) in [4.78, 5) is 15.0. The summed E-state index contributed by atoms with van der Waals surface area (Å²) in [5, 5.41) is 0. The Hall–Kier alpha value is -2.55. The highest BCUT2D eigenvalue weighted by molar-refractivity contribution is 5.77. The number of aromatic amines is 1. The molecule has 3 nitrogen and oxygen atoms in total. The van der Waals surface area contributed by atoms with Gasteiger partial charge in [-0.05, 0) is 43.6 Å². The van der Waals surface area contributed by atoms with Crippen LogP contribution in [0.2, 0.25) is 0 Å². The Morgan fingerprint density at radius 2 is 2.00 bits per heavy atom. The Balaban J connectivity index is 2.20. The van der Waals surface area contributed by atoms with Crippen LogP contribution in [0.25, 0.3) is 17.2 Å². The molecule has 3 rings (SSSR count). The molecule has 1 unspecified atom stereocenters. The second kappa shape index (κ2) is 5.68. The summed E-state index contributed by atoms with van der Waals surface area (Å²) < 4.78 is 6.21. The van der Waals surface area contributed by atoms with Crippen LogP contribution in [0.5, 0.6) is 5.75 Å². The molecule has 3 heteroatoms. The Bertz CT molecular complexity index is 813. The van der Waals surface area contributed by atoms with Crippen molar-refractivity contribution in [1.29, 1.82) is 0 Å². The van der Waals surface area contributed by atoms with Crippen molar-refractivity contribution in [3.8, 4) is 16.9 Å². The van der Waals surface area contributed by atoms with Crippen LogP contribution < -0.4 is 10.3 Å². The topological polar surface area (TPSA) is 42.1 Å². The Labute approximate surface area is 130 Å². The first kappa shape index (κ1) is 14.4. The molecule has 1 N–H and O–H groups in total. The molecule has 1 aliphatic rings. The van der Waals surface area contributed by atoms with Crippen LogP contribution in [0.1, 0.15) is 26.3 Å². The first-order valence-corrected chi connectivity index (χ1v) is 7.40. The largest absolute Gasteiger partial charge is 0.480 e. The van der Waals surface area contributed by atoms with E-state index >= 15 is 0 Å². The first-order chi connectivity index (χ1) is 10.6. The van der Waals surface area contributed by atoms with Gasteiger partial charge in [-0.1, -0.05) is 36.4 Å². The smallest absolute Gasteiger partial charge is 0.259 e. The monoisotopic (exact) mass is 293 g/mol. The molecular weight excluding hydrogens is 274 g/mol. The third kappa shape index (κ3) is 2.39. The lowest BCUT2D eigenvalue weighted by atomic mass is 9.96. The summed E-state index contributed by atoms with van der Waals surface area (Å²) in [6, 6.07) is 9.95. The number of ether oxygens (including phenoxy) is 1. The zero-order chi connectivity index (χ0) is 15.7. The van der Waals surface area contributed by atoms with Crippen molar-refractivity contribution in [3.63, 3.8) is 0 Å². The summed E-state index contributed by atoms with van der Waals surface area (Å²) >= 11 is 0. The van der Waals surface area contributed by atoms with Gasteiger partial charge in [0.2, 0.25) is 0 Å². The van der Waals surface area contributed by atoms with Gasteiger partial charge in [-0.15, -0.1) is 0 Å². The van der Waals surface area contributed by atoms with Crippen molar-refractivity contribution >= 4 is 6.08 Å². The third-order valence-corrected chi connectivity index (χ3v) is 4.06. The first-order valence-electron chi connectivity index (χ1n) is 7.40. The highest BCUT2D eigenvalue weighted by Crippen LogP contribution is 2.37. The van der Waals surface area contributed by atoms with Gasteiger partial charge < -0.3 is 9.72 Å².